The molecule has 12 heavy (non-hydrogen) atoms. The molecule has 1 atom stereocenters. The molecule has 0 saturated heterocycles. The van der Waals surface area contributed by atoms with Crippen LogP contribution in [-0.4, -0.2) is 17.0 Å². The van der Waals surface area contributed by atoms with Crippen molar-refractivity contribution in [3.05, 3.63) is 11.6 Å². The summed E-state index contributed by atoms with van der Waals surface area (Å²) in [5.41, 5.74) is 0.249. The monoisotopic (exact) mass is 168 g/mol. The van der Waals surface area contributed by atoms with E-state index in [0.717, 1.165) is 6.42 Å². The summed E-state index contributed by atoms with van der Waals surface area (Å²) in [4.78, 5) is 11.6. The smallest absolute Gasteiger partial charge is 0.166 e. The first-order valence-corrected chi connectivity index (χ1v) is 4.36. The maximum atomic E-state index is 11.6. The summed E-state index contributed by atoms with van der Waals surface area (Å²) in [5.74, 6) is 0.0764. The molecule has 68 valence electrons. The normalized spacial score (nSPS) is 24.0. The van der Waals surface area contributed by atoms with Crippen LogP contribution in [0.2, 0.25) is 0 Å². The van der Waals surface area contributed by atoms with Crippen LogP contribution in [0.5, 0.6) is 0 Å². The second kappa shape index (κ2) is 3.02. The highest BCUT2D eigenvalue weighted by atomic mass is 16.3. The van der Waals surface area contributed by atoms with Crippen LogP contribution in [0.4, 0.5) is 0 Å². The lowest BCUT2D eigenvalue weighted by atomic mass is 9.85. The first-order valence-electron chi connectivity index (χ1n) is 4.36. The van der Waals surface area contributed by atoms with Crippen LogP contribution in [0.3, 0.4) is 0 Å². The van der Waals surface area contributed by atoms with Crippen molar-refractivity contribution < 1.29 is 9.90 Å². The summed E-state index contributed by atoms with van der Waals surface area (Å²) < 4.78 is 0. The van der Waals surface area contributed by atoms with Gasteiger partial charge in [0.05, 0.1) is 6.10 Å². The molecular formula is C10H16O2. The Labute approximate surface area is 73.3 Å². The number of ketones is 1. The Morgan fingerprint density at radius 3 is 2.50 bits per heavy atom. The third kappa shape index (κ3) is 1.75. The number of allylic oxidation sites excluding steroid dienone is 1. The number of Topliss-reactive ketones (excluding diaryl/α,β-unsaturated/α-hetero) is 1. The van der Waals surface area contributed by atoms with Crippen molar-refractivity contribution in [1.29, 1.82) is 0 Å². The van der Waals surface area contributed by atoms with Crippen molar-refractivity contribution in [2.45, 2.75) is 39.7 Å². The zero-order chi connectivity index (χ0) is 9.35. The van der Waals surface area contributed by atoms with E-state index in [0.29, 0.717) is 12.0 Å². The van der Waals surface area contributed by atoms with Gasteiger partial charge >= 0.3 is 0 Å². The molecule has 2 heteroatoms. The molecule has 2 nitrogen and oxygen atoms in total. The summed E-state index contributed by atoms with van der Waals surface area (Å²) in [6, 6.07) is 0. The second-order valence-corrected chi connectivity index (χ2v) is 4.33. The predicted octanol–water partition coefficient (Wildman–Crippen LogP) is 1.68. The lowest BCUT2D eigenvalue weighted by Gasteiger charge is -2.19. The summed E-state index contributed by atoms with van der Waals surface area (Å²) in [6.07, 6.45) is 2.88. The molecule has 0 spiro atoms. The third-order valence-electron chi connectivity index (χ3n) is 2.11. The molecule has 0 aromatic rings. The minimum Gasteiger partial charge on any atom is -0.388 e. The van der Waals surface area contributed by atoms with E-state index in [2.05, 4.69) is 0 Å². The molecule has 0 bridgehead atoms. The fourth-order valence-corrected chi connectivity index (χ4v) is 1.37. The van der Waals surface area contributed by atoms with Gasteiger partial charge in [-0.25, -0.2) is 0 Å². The standard InChI is InChI=1S/C10H16O2/c1-10(2,3)9(12)7-5-4-6-8(7)11/h5,8,11H,4,6H2,1-3H3. The summed E-state index contributed by atoms with van der Waals surface area (Å²) in [6.45, 7) is 5.63. The van der Waals surface area contributed by atoms with Crippen LogP contribution in [-0.2, 0) is 4.79 Å². The molecule has 0 aromatic carbocycles. The van der Waals surface area contributed by atoms with Gasteiger partial charge in [0, 0.05) is 11.0 Å². The van der Waals surface area contributed by atoms with Gasteiger partial charge in [0.15, 0.2) is 5.78 Å². The van der Waals surface area contributed by atoms with Crippen molar-refractivity contribution in [2.24, 2.45) is 5.41 Å². The number of carbonyl (C=O) groups excluding carboxylic acids is 1. The Hall–Kier alpha value is -0.630. The Balaban J connectivity index is 2.78. The number of rotatable bonds is 1. The second-order valence-electron chi connectivity index (χ2n) is 4.33. The van der Waals surface area contributed by atoms with E-state index in [4.69, 9.17) is 0 Å². The van der Waals surface area contributed by atoms with E-state index in [1.165, 1.54) is 0 Å². The van der Waals surface area contributed by atoms with Crippen LogP contribution in [0.1, 0.15) is 33.6 Å². The number of aliphatic hydroxyl groups is 1. The molecule has 0 heterocycles. The SMILES string of the molecule is CC(C)(C)C(=O)C1=CCCC1O. The molecule has 0 saturated carbocycles. The fourth-order valence-electron chi connectivity index (χ4n) is 1.37. The maximum absolute atomic E-state index is 11.6. The largest absolute Gasteiger partial charge is 0.388 e. The summed E-state index contributed by atoms with van der Waals surface area (Å²) >= 11 is 0. The van der Waals surface area contributed by atoms with Gasteiger partial charge in [-0.1, -0.05) is 26.8 Å². The van der Waals surface area contributed by atoms with Crippen LogP contribution >= 0.6 is 0 Å². The topological polar surface area (TPSA) is 37.3 Å². The highest BCUT2D eigenvalue weighted by molar-refractivity contribution is 6.00. The highest BCUT2D eigenvalue weighted by Crippen LogP contribution is 2.27. The minimum atomic E-state index is -0.517. The van der Waals surface area contributed by atoms with Crippen LogP contribution in [0.15, 0.2) is 11.6 Å². The van der Waals surface area contributed by atoms with Crippen LogP contribution in [0, 0.1) is 5.41 Å². The first-order chi connectivity index (χ1) is 5.43. The van der Waals surface area contributed by atoms with Crippen LogP contribution in [0.25, 0.3) is 0 Å². The molecular weight excluding hydrogens is 152 g/mol. The molecule has 0 amide bonds. The van der Waals surface area contributed by atoms with E-state index < -0.39 is 6.10 Å². The quantitative estimate of drug-likeness (QED) is 0.646. The molecule has 0 aromatic heterocycles. The van der Waals surface area contributed by atoms with Gasteiger partial charge in [-0.3, -0.25) is 4.79 Å². The zero-order valence-electron chi connectivity index (χ0n) is 7.92. The van der Waals surface area contributed by atoms with E-state index in [-0.39, 0.29) is 11.2 Å². The fraction of sp³-hybridized carbons (Fsp3) is 0.700. The Morgan fingerprint density at radius 2 is 2.17 bits per heavy atom. The third-order valence-corrected chi connectivity index (χ3v) is 2.11. The van der Waals surface area contributed by atoms with Crippen molar-refractivity contribution in [3.63, 3.8) is 0 Å². The Kier molecular flexibility index (Phi) is 2.38. The lowest BCUT2D eigenvalue weighted by molar-refractivity contribution is -0.123. The first kappa shape index (κ1) is 9.46. The molecule has 0 aliphatic heterocycles. The van der Waals surface area contributed by atoms with Crippen LogP contribution < -0.4 is 0 Å². The maximum Gasteiger partial charge on any atom is 0.166 e. The molecule has 1 unspecified atom stereocenters. The average Bonchev–Trinajstić information content (AvgIpc) is 2.31. The van der Waals surface area contributed by atoms with Gasteiger partial charge in [0.2, 0.25) is 0 Å². The van der Waals surface area contributed by atoms with E-state index in [1.807, 2.05) is 26.8 Å². The number of carbonyl (C=O) groups is 1. The number of hydrogen-bond acceptors (Lipinski definition) is 2. The Bertz CT molecular complexity index is 220. The lowest BCUT2D eigenvalue weighted by Crippen LogP contribution is -2.26. The van der Waals surface area contributed by atoms with E-state index in [1.54, 1.807) is 0 Å². The molecule has 1 aliphatic carbocycles. The highest BCUT2D eigenvalue weighted by Gasteiger charge is 2.30. The molecule has 0 radical (unpaired) electrons. The van der Waals surface area contributed by atoms with Crippen molar-refractivity contribution in [1.82, 2.24) is 0 Å². The average molecular weight is 168 g/mol. The van der Waals surface area contributed by atoms with E-state index in [9.17, 15) is 9.90 Å². The molecule has 1 rings (SSSR count). The van der Waals surface area contributed by atoms with Crippen molar-refractivity contribution in [2.75, 3.05) is 0 Å². The van der Waals surface area contributed by atoms with Crippen molar-refractivity contribution >= 4 is 5.78 Å². The molecule has 1 aliphatic rings. The number of aliphatic hydroxyl groups excluding tert-OH is 1. The van der Waals surface area contributed by atoms with E-state index >= 15 is 0 Å². The zero-order valence-corrected chi connectivity index (χ0v) is 7.92. The summed E-state index contributed by atoms with van der Waals surface area (Å²) in [7, 11) is 0. The van der Waals surface area contributed by atoms with Crippen molar-refractivity contribution in [3.8, 4) is 0 Å². The predicted molar refractivity (Wildman–Crippen MR) is 47.8 cm³/mol. The van der Waals surface area contributed by atoms with Gasteiger partial charge < -0.3 is 5.11 Å². The van der Waals surface area contributed by atoms with Gasteiger partial charge in [-0.05, 0) is 12.8 Å². The van der Waals surface area contributed by atoms with Gasteiger partial charge in [-0.2, -0.15) is 0 Å². The number of hydrogen-bond donors (Lipinski definition) is 1. The minimum absolute atomic E-state index is 0.0764. The Morgan fingerprint density at radius 1 is 1.58 bits per heavy atom. The van der Waals surface area contributed by atoms with Gasteiger partial charge in [0.25, 0.3) is 0 Å². The van der Waals surface area contributed by atoms with Gasteiger partial charge in [0.1, 0.15) is 0 Å². The van der Waals surface area contributed by atoms with Gasteiger partial charge in [-0.15, -0.1) is 0 Å². The molecule has 1 N–H and O–H groups in total. The summed E-state index contributed by atoms with van der Waals surface area (Å²) in [5, 5.41) is 9.43. The molecule has 0 fully saturated rings.